The van der Waals surface area contributed by atoms with Gasteiger partial charge in [0.05, 0.1) is 0 Å². The first-order chi connectivity index (χ1) is 7.47. The molecule has 1 rings (SSSR count). The van der Waals surface area contributed by atoms with Gasteiger partial charge in [-0.05, 0) is 0 Å². The number of hydrogen-bond donors (Lipinski definition) is 0. The highest BCUT2D eigenvalue weighted by atomic mass is 19.3. The van der Waals surface area contributed by atoms with E-state index in [4.69, 9.17) is 4.74 Å². The standard InChI is InChI=1S/C9H11F3O4/c1-2-9(5-14-8(13)16-9)15-4-6(10)3-7(11)12/h3,7H,2,4-5H2,1H3. The summed E-state index contributed by atoms with van der Waals surface area (Å²) in [5, 5.41) is 0. The van der Waals surface area contributed by atoms with Gasteiger partial charge in [0.15, 0.2) is 6.61 Å². The fraction of sp³-hybridized carbons (Fsp3) is 0.667. The number of alkyl halides is 2. The van der Waals surface area contributed by atoms with Crippen LogP contribution in [0, 0.1) is 0 Å². The molecule has 1 heterocycles. The van der Waals surface area contributed by atoms with Gasteiger partial charge in [0.1, 0.15) is 12.4 Å². The molecule has 1 unspecified atom stereocenters. The lowest BCUT2D eigenvalue weighted by molar-refractivity contribution is -0.177. The van der Waals surface area contributed by atoms with Gasteiger partial charge in [-0.25, -0.2) is 18.0 Å². The molecule has 0 aromatic heterocycles. The Kier molecular flexibility index (Phi) is 4.17. The molecule has 0 bridgehead atoms. The van der Waals surface area contributed by atoms with Crippen LogP contribution < -0.4 is 0 Å². The van der Waals surface area contributed by atoms with Crippen LogP contribution in [0.2, 0.25) is 0 Å². The lowest BCUT2D eigenvalue weighted by Crippen LogP contribution is -2.35. The zero-order valence-corrected chi connectivity index (χ0v) is 8.54. The molecule has 0 radical (unpaired) electrons. The summed E-state index contributed by atoms with van der Waals surface area (Å²) in [5.41, 5.74) is 0. The summed E-state index contributed by atoms with van der Waals surface area (Å²) >= 11 is 0. The minimum absolute atomic E-state index is 0.126. The van der Waals surface area contributed by atoms with Crippen LogP contribution in [-0.2, 0) is 14.2 Å². The van der Waals surface area contributed by atoms with Gasteiger partial charge in [-0.1, -0.05) is 6.92 Å². The molecule has 0 saturated carbocycles. The highest BCUT2D eigenvalue weighted by Crippen LogP contribution is 2.26. The molecule has 1 aliphatic heterocycles. The molecule has 0 N–H and O–H groups in total. The van der Waals surface area contributed by atoms with Crippen LogP contribution in [-0.4, -0.2) is 31.6 Å². The van der Waals surface area contributed by atoms with E-state index in [0.717, 1.165) is 0 Å². The molecule has 7 heteroatoms. The summed E-state index contributed by atoms with van der Waals surface area (Å²) in [6.07, 6.45) is -3.44. The van der Waals surface area contributed by atoms with E-state index >= 15 is 0 Å². The fourth-order valence-electron chi connectivity index (χ4n) is 1.11. The largest absolute Gasteiger partial charge is 0.511 e. The molecule has 0 aromatic rings. The number of hydrogen-bond acceptors (Lipinski definition) is 4. The monoisotopic (exact) mass is 240 g/mol. The third-order valence-electron chi connectivity index (χ3n) is 2.00. The van der Waals surface area contributed by atoms with Crippen LogP contribution in [0.5, 0.6) is 0 Å². The second kappa shape index (κ2) is 5.20. The average Bonchev–Trinajstić information content (AvgIpc) is 2.57. The van der Waals surface area contributed by atoms with Gasteiger partial charge in [-0.3, -0.25) is 0 Å². The van der Waals surface area contributed by atoms with Crippen molar-refractivity contribution in [3.05, 3.63) is 11.9 Å². The maximum absolute atomic E-state index is 12.8. The summed E-state index contributed by atoms with van der Waals surface area (Å²) in [5.74, 6) is -2.49. The van der Waals surface area contributed by atoms with Gasteiger partial charge in [0.25, 0.3) is 12.2 Å². The molecule has 4 nitrogen and oxygen atoms in total. The van der Waals surface area contributed by atoms with Crippen LogP contribution in [0.3, 0.4) is 0 Å². The van der Waals surface area contributed by atoms with E-state index in [-0.39, 0.29) is 19.1 Å². The van der Waals surface area contributed by atoms with E-state index in [1.807, 2.05) is 0 Å². The van der Waals surface area contributed by atoms with E-state index in [1.165, 1.54) is 0 Å². The molecule has 92 valence electrons. The van der Waals surface area contributed by atoms with Gasteiger partial charge in [-0.2, -0.15) is 0 Å². The Labute approximate surface area is 90.0 Å². The lowest BCUT2D eigenvalue weighted by Gasteiger charge is -2.22. The Morgan fingerprint density at radius 1 is 1.69 bits per heavy atom. The third kappa shape index (κ3) is 3.41. The Morgan fingerprint density at radius 3 is 2.81 bits per heavy atom. The van der Waals surface area contributed by atoms with Gasteiger partial charge in [0, 0.05) is 12.5 Å². The second-order valence-electron chi connectivity index (χ2n) is 3.14. The third-order valence-corrected chi connectivity index (χ3v) is 2.00. The quantitative estimate of drug-likeness (QED) is 0.692. The first kappa shape index (κ1) is 12.8. The number of carbonyl (C=O) groups is 1. The van der Waals surface area contributed by atoms with Gasteiger partial charge < -0.3 is 14.2 Å². The number of rotatable bonds is 5. The van der Waals surface area contributed by atoms with Crippen molar-refractivity contribution in [3.63, 3.8) is 0 Å². The Balaban J connectivity index is 2.49. The predicted molar refractivity (Wildman–Crippen MR) is 46.6 cm³/mol. The summed E-state index contributed by atoms with van der Waals surface area (Å²) < 4.78 is 50.4. The van der Waals surface area contributed by atoms with Gasteiger partial charge in [0.2, 0.25) is 0 Å². The molecule has 0 aliphatic carbocycles. The van der Waals surface area contributed by atoms with E-state index in [2.05, 4.69) is 9.47 Å². The lowest BCUT2D eigenvalue weighted by atomic mass is 10.2. The second-order valence-corrected chi connectivity index (χ2v) is 3.14. The Bertz CT molecular complexity index is 292. The van der Waals surface area contributed by atoms with E-state index in [9.17, 15) is 18.0 Å². The van der Waals surface area contributed by atoms with E-state index in [0.29, 0.717) is 0 Å². The van der Waals surface area contributed by atoms with Crippen molar-refractivity contribution >= 4 is 6.16 Å². The molecule has 0 spiro atoms. The Hall–Kier alpha value is -1.24. The molecule has 16 heavy (non-hydrogen) atoms. The summed E-state index contributed by atoms with van der Waals surface area (Å²) in [6, 6.07) is 0. The Morgan fingerprint density at radius 2 is 2.38 bits per heavy atom. The number of halogens is 3. The van der Waals surface area contributed by atoms with Crippen molar-refractivity contribution in [2.75, 3.05) is 13.2 Å². The first-order valence-electron chi connectivity index (χ1n) is 4.61. The topological polar surface area (TPSA) is 44.8 Å². The predicted octanol–water partition coefficient (Wildman–Crippen LogP) is 2.39. The number of allylic oxidation sites excluding steroid dienone is 1. The van der Waals surface area contributed by atoms with Crippen LogP contribution >= 0.6 is 0 Å². The molecular weight excluding hydrogens is 229 g/mol. The molecule has 1 saturated heterocycles. The summed E-state index contributed by atoms with van der Waals surface area (Å²) in [7, 11) is 0. The van der Waals surface area contributed by atoms with Crippen molar-refractivity contribution in [1.82, 2.24) is 0 Å². The van der Waals surface area contributed by atoms with Gasteiger partial charge in [-0.15, -0.1) is 0 Å². The van der Waals surface area contributed by atoms with Crippen molar-refractivity contribution in [1.29, 1.82) is 0 Å². The summed E-state index contributed by atoms with van der Waals surface area (Å²) in [4.78, 5) is 10.7. The smallest absolute Gasteiger partial charge is 0.427 e. The van der Waals surface area contributed by atoms with Crippen molar-refractivity contribution in [3.8, 4) is 0 Å². The maximum Gasteiger partial charge on any atom is 0.511 e. The van der Waals surface area contributed by atoms with E-state index in [1.54, 1.807) is 6.92 Å². The maximum atomic E-state index is 12.8. The van der Waals surface area contributed by atoms with Crippen LogP contribution in [0.1, 0.15) is 13.3 Å². The van der Waals surface area contributed by atoms with E-state index < -0.39 is 30.8 Å². The van der Waals surface area contributed by atoms with Crippen molar-refractivity contribution in [2.45, 2.75) is 25.6 Å². The zero-order valence-electron chi connectivity index (χ0n) is 8.54. The molecular formula is C9H11F3O4. The SMILES string of the molecule is CCC1(OCC(F)=CC(F)F)COC(=O)O1. The highest BCUT2D eigenvalue weighted by Gasteiger charge is 2.42. The molecule has 1 atom stereocenters. The van der Waals surface area contributed by atoms with Crippen molar-refractivity contribution in [2.24, 2.45) is 0 Å². The van der Waals surface area contributed by atoms with Crippen LogP contribution in [0.15, 0.2) is 11.9 Å². The molecule has 1 aliphatic rings. The molecule has 0 amide bonds. The fourth-order valence-corrected chi connectivity index (χ4v) is 1.11. The minimum Gasteiger partial charge on any atom is -0.427 e. The average molecular weight is 240 g/mol. The normalized spacial score (nSPS) is 25.8. The minimum atomic E-state index is -2.89. The number of cyclic esters (lactones) is 2. The molecule has 0 aromatic carbocycles. The van der Waals surface area contributed by atoms with Crippen molar-refractivity contribution < 1.29 is 32.2 Å². The zero-order chi connectivity index (χ0) is 12.2. The van der Waals surface area contributed by atoms with Gasteiger partial charge >= 0.3 is 6.16 Å². The van der Waals surface area contributed by atoms with Crippen LogP contribution in [0.25, 0.3) is 0 Å². The number of carbonyl (C=O) groups excluding carboxylic acids is 1. The number of ether oxygens (including phenoxy) is 3. The summed E-state index contributed by atoms with van der Waals surface area (Å²) in [6.45, 7) is 0.774. The molecule has 1 fully saturated rings. The van der Waals surface area contributed by atoms with Crippen LogP contribution in [0.4, 0.5) is 18.0 Å². The highest BCUT2D eigenvalue weighted by molar-refractivity contribution is 5.62. The first-order valence-corrected chi connectivity index (χ1v) is 4.61.